The van der Waals surface area contributed by atoms with E-state index < -0.39 is 0 Å². The van der Waals surface area contributed by atoms with Crippen molar-refractivity contribution in [2.45, 2.75) is 26.8 Å². The van der Waals surface area contributed by atoms with Crippen LogP contribution in [0.4, 0.5) is 5.82 Å². The lowest BCUT2D eigenvalue weighted by Gasteiger charge is -2.08. The molecule has 0 aliphatic heterocycles. The summed E-state index contributed by atoms with van der Waals surface area (Å²) in [6.45, 7) is 6.07. The Morgan fingerprint density at radius 2 is 1.81 bits per heavy atom. The molecule has 0 radical (unpaired) electrons. The van der Waals surface area contributed by atoms with Crippen LogP contribution in [-0.4, -0.2) is 35.9 Å². The molecule has 0 aliphatic carbocycles. The Morgan fingerprint density at radius 3 is 2.47 bits per heavy atom. The van der Waals surface area contributed by atoms with Crippen LogP contribution in [0.3, 0.4) is 0 Å². The number of aryl methyl sites for hydroxylation is 2. The Balaban J connectivity index is 1.82. The first kappa shape index (κ1) is 20.0. The maximum absolute atomic E-state index is 13.3. The normalized spacial score (nSPS) is 11.7. The van der Waals surface area contributed by atoms with E-state index in [-0.39, 0.29) is 11.7 Å². The van der Waals surface area contributed by atoms with Crippen LogP contribution in [0.25, 0.3) is 38.8 Å². The third kappa shape index (κ3) is 2.98. The fraction of sp³-hybridized carbons (Fsp3) is 0.250. The molecule has 1 N–H and O–H groups in total. The Morgan fingerprint density at radius 1 is 1.03 bits per heavy atom. The predicted octanol–water partition coefficient (Wildman–Crippen LogP) is 4.07. The minimum Gasteiger partial charge on any atom is -0.373 e. The van der Waals surface area contributed by atoms with E-state index in [4.69, 9.17) is 0 Å². The molecule has 5 aromatic rings. The highest BCUT2D eigenvalue weighted by atomic mass is 16.1. The number of benzene rings is 1. The first-order valence-corrected chi connectivity index (χ1v) is 10.6. The second kappa shape index (κ2) is 7.33. The van der Waals surface area contributed by atoms with Gasteiger partial charge in [0.1, 0.15) is 5.82 Å². The number of imidazole rings is 1. The quantitative estimate of drug-likeness (QED) is 0.468. The number of nitrogens with one attached hydrogen (secondary N) is 1. The molecule has 8 heteroatoms. The van der Waals surface area contributed by atoms with Gasteiger partial charge in [0.05, 0.1) is 34.1 Å². The molecule has 0 atom stereocenters. The van der Waals surface area contributed by atoms with Crippen LogP contribution in [-0.2, 0) is 7.05 Å². The van der Waals surface area contributed by atoms with E-state index in [1.54, 1.807) is 22.4 Å². The van der Waals surface area contributed by atoms with Gasteiger partial charge in [0.25, 0.3) is 0 Å². The number of nitrogens with zero attached hydrogens (tertiary/aromatic N) is 6. The van der Waals surface area contributed by atoms with Crippen molar-refractivity contribution in [2.24, 2.45) is 7.05 Å². The number of aromatic nitrogens is 6. The number of fused-ring (bicyclic) bond motifs is 3. The Kier molecular flexibility index (Phi) is 4.58. The van der Waals surface area contributed by atoms with Crippen molar-refractivity contribution >= 4 is 27.8 Å². The summed E-state index contributed by atoms with van der Waals surface area (Å²) in [7, 11) is 3.62. The average Bonchev–Trinajstić information content (AvgIpc) is 3.31. The topological polar surface area (TPSA) is 82.6 Å². The van der Waals surface area contributed by atoms with Gasteiger partial charge >= 0.3 is 5.69 Å². The monoisotopic (exact) mass is 427 g/mol. The molecule has 4 aromatic heterocycles. The van der Waals surface area contributed by atoms with E-state index in [1.165, 1.54) is 0 Å². The van der Waals surface area contributed by atoms with Gasteiger partial charge in [0.15, 0.2) is 0 Å². The smallest absolute Gasteiger partial charge is 0.333 e. The Hall–Kier alpha value is -3.94. The maximum Gasteiger partial charge on any atom is 0.333 e. The summed E-state index contributed by atoms with van der Waals surface area (Å²) in [6.07, 6.45) is 5.55. The summed E-state index contributed by atoms with van der Waals surface area (Å²) in [5.74, 6) is 0.813. The number of pyridine rings is 2. The van der Waals surface area contributed by atoms with E-state index in [0.717, 1.165) is 50.3 Å². The van der Waals surface area contributed by atoms with Crippen molar-refractivity contribution in [1.29, 1.82) is 0 Å². The fourth-order valence-corrected chi connectivity index (χ4v) is 4.07. The standard InChI is InChI=1S/C24H25N7O/c1-14(2)30-13-21(15(3)28-30)31-23-18-10-16(17-7-9-22(25-4)27-11-17)6-8-19(18)26-12-20(23)29(5)24(31)32/h6-14H,1-5H3,(H,25,27). The number of anilines is 1. The van der Waals surface area contributed by atoms with Crippen LogP contribution < -0.4 is 11.0 Å². The Labute approximate surface area is 185 Å². The molecule has 162 valence electrons. The second-order valence-corrected chi connectivity index (χ2v) is 8.26. The van der Waals surface area contributed by atoms with E-state index in [0.29, 0.717) is 0 Å². The van der Waals surface area contributed by atoms with Gasteiger partial charge in [-0.1, -0.05) is 6.07 Å². The summed E-state index contributed by atoms with van der Waals surface area (Å²) >= 11 is 0. The SMILES string of the molecule is CNc1ccc(-c2ccc3ncc4c(c3c2)n(-c2cn(C(C)C)nc2C)c(=O)n4C)cn1. The fourth-order valence-electron chi connectivity index (χ4n) is 4.07. The lowest BCUT2D eigenvalue weighted by atomic mass is 10.0. The van der Waals surface area contributed by atoms with Gasteiger partial charge in [-0.2, -0.15) is 5.10 Å². The molecule has 8 nitrogen and oxygen atoms in total. The zero-order valence-electron chi connectivity index (χ0n) is 18.8. The summed E-state index contributed by atoms with van der Waals surface area (Å²) in [4.78, 5) is 22.4. The van der Waals surface area contributed by atoms with Gasteiger partial charge in [0, 0.05) is 43.5 Å². The van der Waals surface area contributed by atoms with Crippen molar-refractivity contribution in [3.8, 4) is 16.8 Å². The van der Waals surface area contributed by atoms with Crippen LogP contribution in [0, 0.1) is 6.92 Å². The molecule has 0 unspecified atom stereocenters. The average molecular weight is 428 g/mol. The second-order valence-electron chi connectivity index (χ2n) is 8.26. The van der Waals surface area contributed by atoms with Crippen LogP contribution >= 0.6 is 0 Å². The third-order valence-electron chi connectivity index (χ3n) is 5.90. The summed E-state index contributed by atoms with van der Waals surface area (Å²) < 4.78 is 5.29. The molecule has 5 rings (SSSR count). The molecule has 0 spiro atoms. The molecular formula is C24H25N7O. The zero-order chi connectivity index (χ0) is 22.6. The van der Waals surface area contributed by atoms with Gasteiger partial charge in [0.2, 0.25) is 0 Å². The molecule has 0 bridgehead atoms. The highest BCUT2D eigenvalue weighted by molar-refractivity contribution is 6.04. The molecular weight excluding hydrogens is 402 g/mol. The van der Waals surface area contributed by atoms with E-state index in [9.17, 15) is 4.79 Å². The van der Waals surface area contributed by atoms with Crippen molar-refractivity contribution in [1.82, 2.24) is 28.9 Å². The predicted molar refractivity (Wildman–Crippen MR) is 128 cm³/mol. The van der Waals surface area contributed by atoms with E-state index in [1.807, 2.05) is 55.3 Å². The lowest BCUT2D eigenvalue weighted by Crippen LogP contribution is -2.21. The molecule has 4 heterocycles. The summed E-state index contributed by atoms with van der Waals surface area (Å²) in [5, 5.41) is 8.57. The molecule has 1 aromatic carbocycles. The molecule has 32 heavy (non-hydrogen) atoms. The lowest BCUT2D eigenvalue weighted by molar-refractivity contribution is 0.529. The molecule has 0 fully saturated rings. The highest BCUT2D eigenvalue weighted by Gasteiger charge is 2.20. The number of hydrogen-bond donors (Lipinski definition) is 1. The minimum atomic E-state index is -0.119. The van der Waals surface area contributed by atoms with Gasteiger partial charge in [-0.05, 0) is 50.6 Å². The molecule has 0 saturated heterocycles. The summed E-state index contributed by atoms with van der Waals surface area (Å²) in [5.41, 5.74) is 5.92. The van der Waals surface area contributed by atoms with Crippen molar-refractivity contribution in [2.75, 3.05) is 12.4 Å². The first-order valence-electron chi connectivity index (χ1n) is 10.6. The number of rotatable bonds is 4. The van der Waals surface area contributed by atoms with Crippen LogP contribution in [0.2, 0.25) is 0 Å². The van der Waals surface area contributed by atoms with Crippen molar-refractivity contribution in [3.05, 3.63) is 65.1 Å². The zero-order valence-corrected chi connectivity index (χ0v) is 18.8. The van der Waals surface area contributed by atoms with Crippen LogP contribution in [0.15, 0.2) is 53.7 Å². The van der Waals surface area contributed by atoms with E-state index >= 15 is 0 Å². The maximum atomic E-state index is 13.3. The third-order valence-corrected chi connectivity index (χ3v) is 5.90. The summed E-state index contributed by atoms with van der Waals surface area (Å²) in [6, 6.07) is 10.3. The molecule has 0 aliphatic rings. The van der Waals surface area contributed by atoms with Gasteiger partial charge in [-0.3, -0.25) is 18.8 Å². The minimum absolute atomic E-state index is 0.119. The van der Waals surface area contributed by atoms with Gasteiger partial charge < -0.3 is 5.32 Å². The first-order chi connectivity index (χ1) is 15.4. The van der Waals surface area contributed by atoms with Gasteiger partial charge in [-0.25, -0.2) is 9.78 Å². The van der Waals surface area contributed by atoms with E-state index in [2.05, 4.69) is 40.3 Å². The van der Waals surface area contributed by atoms with Crippen molar-refractivity contribution < 1.29 is 0 Å². The van der Waals surface area contributed by atoms with Gasteiger partial charge in [-0.15, -0.1) is 0 Å². The highest BCUT2D eigenvalue weighted by Crippen LogP contribution is 2.30. The number of hydrogen-bond acceptors (Lipinski definition) is 5. The molecule has 0 saturated carbocycles. The van der Waals surface area contributed by atoms with Crippen LogP contribution in [0.1, 0.15) is 25.6 Å². The largest absolute Gasteiger partial charge is 0.373 e. The van der Waals surface area contributed by atoms with Crippen LogP contribution in [0.5, 0.6) is 0 Å². The van der Waals surface area contributed by atoms with Crippen molar-refractivity contribution in [3.63, 3.8) is 0 Å². The Bertz CT molecular complexity index is 1520. The molecule has 0 amide bonds.